The van der Waals surface area contributed by atoms with Crippen molar-refractivity contribution in [3.05, 3.63) is 29.3 Å². The number of hydrogen-bond donors (Lipinski definition) is 1. The van der Waals surface area contributed by atoms with Crippen molar-refractivity contribution in [3.63, 3.8) is 0 Å². The van der Waals surface area contributed by atoms with Crippen molar-refractivity contribution in [2.24, 2.45) is 5.92 Å². The Morgan fingerprint density at radius 1 is 1.43 bits per heavy atom. The first-order valence-corrected chi connectivity index (χ1v) is 9.45. The quantitative estimate of drug-likeness (QED) is 0.833. The van der Waals surface area contributed by atoms with E-state index in [2.05, 4.69) is 34.9 Å². The zero-order valence-electron chi connectivity index (χ0n) is 13.8. The van der Waals surface area contributed by atoms with Crippen LogP contribution in [0.15, 0.2) is 23.6 Å². The molecule has 4 nitrogen and oxygen atoms in total. The molecule has 0 radical (unpaired) electrons. The van der Waals surface area contributed by atoms with E-state index < -0.39 is 0 Å². The van der Waals surface area contributed by atoms with Gasteiger partial charge in [0.2, 0.25) is 5.91 Å². The number of aromatic nitrogens is 2. The molecule has 1 fully saturated rings. The molecule has 3 rings (SSSR count). The third-order valence-electron chi connectivity index (χ3n) is 4.65. The molecule has 2 heterocycles. The van der Waals surface area contributed by atoms with Gasteiger partial charge in [-0.1, -0.05) is 31.7 Å². The van der Waals surface area contributed by atoms with Crippen molar-refractivity contribution < 1.29 is 4.79 Å². The molecule has 0 spiro atoms. The standard InChI is InChI=1S/C18H25N3OS/c1-14-13-16(17-7-4-12-23-17)20-21(14)11-10-19-18(22)9-8-15-5-2-3-6-15/h4,7,12-13,15H,2-3,5-6,8-11H2,1H3,(H,19,22). The predicted molar refractivity (Wildman–Crippen MR) is 94.5 cm³/mol. The SMILES string of the molecule is Cc1cc(-c2cccs2)nn1CCNC(=O)CCC1CCCC1. The summed E-state index contributed by atoms with van der Waals surface area (Å²) in [5.41, 5.74) is 2.15. The van der Waals surface area contributed by atoms with Gasteiger partial charge >= 0.3 is 0 Å². The second-order valence-corrected chi connectivity index (χ2v) is 7.36. The van der Waals surface area contributed by atoms with E-state index >= 15 is 0 Å². The average Bonchev–Trinajstić information content (AvgIpc) is 3.28. The van der Waals surface area contributed by atoms with Gasteiger partial charge in [0, 0.05) is 18.7 Å². The van der Waals surface area contributed by atoms with Crippen LogP contribution in [0.25, 0.3) is 10.6 Å². The lowest BCUT2D eigenvalue weighted by Gasteiger charge is -2.09. The van der Waals surface area contributed by atoms with Gasteiger partial charge in [-0.3, -0.25) is 9.48 Å². The van der Waals surface area contributed by atoms with Crippen LogP contribution in [-0.2, 0) is 11.3 Å². The van der Waals surface area contributed by atoms with Crippen molar-refractivity contribution in [3.8, 4) is 10.6 Å². The Hall–Kier alpha value is -1.62. The van der Waals surface area contributed by atoms with Gasteiger partial charge in [-0.15, -0.1) is 11.3 Å². The topological polar surface area (TPSA) is 46.9 Å². The number of amides is 1. The summed E-state index contributed by atoms with van der Waals surface area (Å²) in [5, 5.41) is 9.73. The van der Waals surface area contributed by atoms with Gasteiger partial charge in [-0.2, -0.15) is 5.10 Å². The Morgan fingerprint density at radius 2 is 2.26 bits per heavy atom. The minimum absolute atomic E-state index is 0.181. The summed E-state index contributed by atoms with van der Waals surface area (Å²) < 4.78 is 1.98. The molecule has 1 aliphatic rings. The first-order valence-electron chi connectivity index (χ1n) is 8.57. The fourth-order valence-corrected chi connectivity index (χ4v) is 3.99. The van der Waals surface area contributed by atoms with Gasteiger partial charge in [0.05, 0.1) is 11.4 Å². The lowest BCUT2D eigenvalue weighted by Crippen LogP contribution is -2.27. The molecule has 1 saturated carbocycles. The largest absolute Gasteiger partial charge is 0.354 e. The number of rotatable bonds is 7. The molecule has 0 unspecified atom stereocenters. The number of thiophene rings is 1. The maximum absolute atomic E-state index is 11.9. The third-order valence-corrected chi connectivity index (χ3v) is 5.55. The molecule has 0 aromatic carbocycles. The highest BCUT2D eigenvalue weighted by molar-refractivity contribution is 7.13. The molecule has 0 aliphatic heterocycles. The van der Waals surface area contributed by atoms with E-state index in [9.17, 15) is 4.79 Å². The van der Waals surface area contributed by atoms with Crippen LogP contribution >= 0.6 is 11.3 Å². The van der Waals surface area contributed by atoms with Crippen LogP contribution in [0, 0.1) is 12.8 Å². The van der Waals surface area contributed by atoms with Gasteiger partial charge in [0.15, 0.2) is 0 Å². The third kappa shape index (κ3) is 4.44. The van der Waals surface area contributed by atoms with Crippen LogP contribution in [-0.4, -0.2) is 22.2 Å². The smallest absolute Gasteiger partial charge is 0.220 e. The minimum Gasteiger partial charge on any atom is -0.354 e. The summed E-state index contributed by atoms with van der Waals surface area (Å²) in [6.07, 6.45) is 7.03. The second-order valence-electron chi connectivity index (χ2n) is 6.41. The summed E-state index contributed by atoms with van der Waals surface area (Å²) in [5.74, 6) is 0.961. The molecular weight excluding hydrogens is 306 g/mol. The molecule has 124 valence electrons. The molecule has 0 bridgehead atoms. The average molecular weight is 331 g/mol. The summed E-state index contributed by atoms with van der Waals surface area (Å²) in [4.78, 5) is 13.1. The van der Waals surface area contributed by atoms with Gasteiger partial charge in [0.25, 0.3) is 0 Å². The van der Waals surface area contributed by atoms with Crippen molar-refractivity contribution in [2.75, 3.05) is 6.54 Å². The predicted octanol–water partition coefficient (Wildman–Crippen LogP) is 4.01. The van der Waals surface area contributed by atoms with Crippen LogP contribution in [0.3, 0.4) is 0 Å². The molecule has 0 atom stereocenters. The molecule has 1 aliphatic carbocycles. The Bertz CT molecular complexity index is 627. The fourth-order valence-electron chi connectivity index (χ4n) is 3.31. The molecule has 0 saturated heterocycles. The van der Waals surface area contributed by atoms with Crippen LogP contribution in [0.4, 0.5) is 0 Å². The maximum atomic E-state index is 11.9. The number of carbonyl (C=O) groups is 1. The number of hydrogen-bond acceptors (Lipinski definition) is 3. The monoisotopic (exact) mass is 331 g/mol. The number of aryl methyl sites for hydroxylation is 1. The molecule has 2 aromatic heterocycles. The van der Waals surface area contributed by atoms with E-state index in [-0.39, 0.29) is 5.91 Å². The van der Waals surface area contributed by atoms with E-state index in [1.54, 1.807) is 11.3 Å². The highest BCUT2D eigenvalue weighted by atomic mass is 32.1. The lowest BCUT2D eigenvalue weighted by atomic mass is 10.0. The van der Waals surface area contributed by atoms with Crippen LogP contribution < -0.4 is 5.32 Å². The molecule has 5 heteroatoms. The van der Waals surface area contributed by atoms with E-state index in [0.29, 0.717) is 13.0 Å². The van der Waals surface area contributed by atoms with E-state index in [1.165, 1.54) is 30.6 Å². The number of carbonyl (C=O) groups excluding carboxylic acids is 1. The van der Waals surface area contributed by atoms with Gasteiger partial charge < -0.3 is 5.32 Å². The number of nitrogens with zero attached hydrogens (tertiary/aromatic N) is 2. The number of nitrogens with one attached hydrogen (secondary N) is 1. The van der Waals surface area contributed by atoms with Gasteiger partial charge in [0.1, 0.15) is 5.69 Å². The van der Waals surface area contributed by atoms with Gasteiger partial charge in [-0.25, -0.2) is 0 Å². The Kier molecular flexibility index (Phi) is 5.49. The minimum atomic E-state index is 0.181. The van der Waals surface area contributed by atoms with Crippen LogP contribution in [0.1, 0.15) is 44.2 Å². The molecule has 23 heavy (non-hydrogen) atoms. The molecular formula is C18H25N3OS. The van der Waals surface area contributed by atoms with Crippen LogP contribution in [0.5, 0.6) is 0 Å². The molecule has 1 N–H and O–H groups in total. The van der Waals surface area contributed by atoms with Crippen LogP contribution in [0.2, 0.25) is 0 Å². The fraction of sp³-hybridized carbons (Fsp3) is 0.556. The van der Waals surface area contributed by atoms with E-state index in [1.807, 2.05) is 10.7 Å². The first kappa shape index (κ1) is 16.2. The Morgan fingerprint density at radius 3 is 3.00 bits per heavy atom. The Labute approximate surface area is 141 Å². The zero-order chi connectivity index (χ0) is 16.1. The summed E-state index contributed by atoms with van der Waals surface area (Å²) in [6, 6.07) is 6.23. The lowest BCUT2D eigenvalue weighted by molar-refractivity contribution is -0.121. The summed E-state index contributed by atoms with van der Waals surface area (Å²) in [6.45, 7) is 3.44. The van der Waals surface area contributed by atoms with E-state index in [0.717, 1.165) is 30.3 Å². The summed E-state index contributed by atoms with van der Waals surface area (Å²) in [7, 11) is 0. The van der Waals surface area contributed by atoms with Crippen molar-refractivity contribution in [2.45, 2.75) is 52.0 Å². The van der Waals surface area contributed by atoms with Crippen molar-refractivity contribution in [1.29, 1.82) is 0 Å². The zero-order valence-corrected chi connectivity index (χ0v) is 14.6. The summed E-state index contributed by atoms with van der Waals surface area (Å²) >= 11 is 1.70. The second kappa shape index (κ2) is 7.77. The molecule has 1 amide bonds. The highest BCUT2D eigenvalue weighted by Gasteiger charge is 2.16. The maximum Gasteiger partial charge on any atom is 0.220 e. The first-order chi connectivity index (χ1) is 11.2. The molecule has 2 aromatic rings. The van der Waals surface area contributed by atoms with Crippen molar-refractivity contribution >= 4 is 17.2 Å². The Balaban J connectivity index is 1.42. The van der Waals surface area contributed by atoms with Crippen molar-refractivity contribution in [1.82, 2.24) is 15.1 Å². The van der Waals surface area contributed by atoms with E-state index in [4.69, 9.17) is 0 Å². The highest BCUT2D eigenvalue weighted by Crippen LogP contribution is 2.28. The normalized spacial score (nSPS) is 15.2. The van der Waals surface area contributed by atoms with Gasteiger partial charge in [-0.05, 0) is 36.8 Å².